The molecule has 1 saturated carbocycles. The van der Waals surface area contributed by atoms with E-state index in [0.29, 0.717) is 35.1 Å². The first-order chi connectivity index (χ1) is 18.4. The number of fused-ring (bicyclic) bond motifs is 1. The zero-order chi connectivity index (χ0) is 26.2. The van der Waals surface area contributed by atoms with Gasteiger partial charge in [0.25, 0.3) is 0 Å². The van der Waals surface area contributed by atoms with Crippen molar-refractivity contribution in [2.75, 3.05) is 25.2 Å². The number of hydrogen-bond donors (Lipinski definition) is 0. The molecule has 0 unspecified atom stereocenters. The molecule has 3 fully saturated rings. The van der Waals surface area contributed by atoms with Gasteiger partial charge in [-0.15, -0.1) is 0 Å². The Hall–Kier alpha value is -3.36. The molecule has 4 heterocycles. The molecule has 1 aliphatic carbocycles. The van der Waals surface area contributed by atoms with Gasteiger partial charge >= 0.3 is 0 Å². The molecule has 3 aliphatic rings. The third-order valence-electron chi connectivity index (χ3n) is 8.48. The monoisotopic (exact) mass is 532 g/mol. The number of imidazole rings is 1. The highest BCUT2D eigenvalue weighted by Gasteiger charge is 2.52. The lowest BCUT2D eigenvalue weighted by molar-refractivity contribution is -0.174. The maximum absolute atomic E-state index is 13.2. The van der Waals surface area contributed by atoms with Crippen molar-refractivity contribution in [1.29, 1.82) is 0 Å². The molecule has 2 saturated heterocycles. The van der Waals surface area contributed by atoms with Crippen molar-refractivity contribution in [3.63, 3.8) is 0 Å². The summed E-state index contributed by atoms with van der Waals surface area (Å²) in [4.78, 5) is 20.3. The number of anilines is 1. The highest BCUT2D eigenvalue weighted by molar-refractivity contribution is 6.32. The number of carbonyl (C=O) groups excluding carboxylic acids is 1. The average molecular weight is 533 g/mol. The molecule has 8 nitrogen and oxygen atoms in total. The van der Waals surface area contributed by atoms with Crippen LogP contribution in [-0.2, 0) is 9.53 Å². The van der Waals surface area contributed by atoms with Crippen LogP contribution in [0.4, 0.5) is 5.69 Å². The van der Waals surface area contributed by atoms with Gasteiger partial charge in [0.1, 0.15) is 17.3 Å². The van der Waals surface area contributed by atoms with Gasteiger partial charge in [0.2, 0.25) is 5.91 Å². The Kier molecular flexibility index (Phi) is 5.36. The van der Waals surface area contributed by atoms with Crippen LogP contribution in [0.1, 0.15) is 55.0 Å². The Morgan fingerprint density at radius 2 is 1.95 bits per heavy atom. The molecule has 196 valence electrons. The van der Waals surface area contributed by atoms with Crippen molar-refractivity contribution in [2.45, 2.75) is 51.6 Å². The number of aryl methyl sites for hydroxylation is 2. The quantitative estimate of drug-likeness (QED) is 0.305. The normalized spacial score (nSPS) is 20.8. The van der Waals surface area contributed by atoms with Gasteiger partial charge in [-0.2, -0.15) is 0 Å². The number of aromatic nitrogens is 3. The highest BCUT2D eigenvalue weighted by Crippen LogP contribution is 2.55. The predicted octanol–water partition coefficient (Wildman–Crippen LogP) is 6.19. The molecule has 2 aromatic carbocycles. The second kappa shape index (κ2) is 8.58. The Morgan fingerprint density at radius 3 is 2.61 bits per heavy atom. The average Bonchev–Trinajstić information content (AvgIpc) is 3.51. The van der Waals surface area contributed by atoms with E-state index in [4.69, 9.17) is 30.6 Å². The van der Waals surface area contributed by atoms with Crippen LogP contribution in [0.3, 0.4) is 0 Å². The number of ether oxygens (including phenoxy) is 2. The van der Waals surface area contributed by atoms with Crippen molar-refractivity contribution in [2.24, 2.45) is 5.41 Å². The highest BCUT2D eigenvalue weighted by atomic mass is 35.5. The molecular weight excluding hydrogens is 504 g/mol. The van der Waals surface area contributed by atoms with Crippen LogP contribution in [0.5, 0.6) is 5.75 Å². The minimum absolute atomic E-state index is 0.0729. The van der Waals surface area contributed by atoms with Crippen LogP contribution >= 0.6 is 11.6 Å². The van der Waals surface area contributed by atoms with E-state index < -0.39 is 0 Å². The van der Waals surface area contributed by atoms with Gasteiger partial charge in [-0.05, 0) is 69.0 Å². The first kappa shape index (κ1) is 23.7. The molecule has 1 atom stereocenters. The largest absolute Gasteiger partial charge is 0.495 e. The van der Waals surface area contributed by atoms with Crippen LogP contribution < -0.4 is 9.64 Å². The molecule has 38 heavy (non-hydrogen) atoms. The number of halogens is 1. The number of hydrogen-bond acceptors (Lipinski definition) is 6. The van der Waals surface area contributed by atoms with Crippen LogP contribution in [0, 0.1) is 19.3 Å². The number of benzene rings is 2. The third-order valence-corrected chi connectivity index (χ3v) is 8.78. The standard InChI is InChI=1S/C29H29ClN4O4/c1-16-27(17(2)38-32-16)18-4-6-23-22(10-18)31-28(34(23)20-12-29(13-20)14-37-15-29)24-7-9-26(35)33(24)19-5-8-25(36-3)21(30)11-19/h4-6,8,10-11,20,24H,7,9,12-15H2,1-3H3/t24-/m0/s1. The van der Waals surface area contributed by atoms with Crippen LogP contribution in [0.2, 0.25) is 5.02 Å². The fraction of sp³-hybridized carbons (Fsp3) is 0.414. The van der Waals surface area contributed by atoms with E-state index >= 15 is 0 Å². The molecule has 2 aromatic heterocycles. The van der Waals surface area contributed by atoms with Gasteiger partial charge in [-0.1, -0.05) is 22.8 Å². The summed E-state index contributed by atoms with van der Waals surface area (Å²) < 4.78 is 18.7. The summed E-state index contributed by atoms with van der Waals surface area (Å²) in [5, 5.41) is 4.61. The van der Waals surface area contributed by atoms with Gasteiger partial charge in [0.05, 0.1) is 48.1 Å². The molecule has 7 rings (SSSR count). The summed E-state index contributed by atoms with van der Waals surface area (Å²) in [6, 6.07) is 12.0. The zero-order valence-corrected chi connectivity index (χ0v) is 22.4. The number of rotatable bonds is 5. The third kappa shape index (κ3) is 3.50. The van der Waals surface area contributed by atoms with Crippen molar-refractivity contribution in [1.82, 2.24) is 14.7 Å². The maximum atomic E-state index is 13.2. The van der Waals surface area contributed by atoms with Gasteiger partial charge in [0.15, 0.2) is 0 Å². The lowest BCUT2D eigenvalue weighted by Gasteiger charge is -2.54. The summed E-state index contributed by atoms with van der Waals surface area (Å²) in [7, 11) is 1.59. The first-order valence-corrected chi connectivity index (χ1v) is 13.4. The van der Waals surface area contributed by atoms with E-state index in [9.17, 15) is 4.79 Å². The van der Waals surface area contributed by atoms with Crippen molar-refractivity contribution < 1.29 is 18.8 Å². The number of nitrogens with zero attached hydrogens (tertiary/aromatic N) is 4. The van der Waals surface area contributed by atoms with Crippen molar-refractivity contribution >= 4 is 34.2 Å². The summed E-state index contributed by atoms with van der Waals surface area (Å²) in [6.07, 6.45) is 3.28. The lowest BCUT2D eigenvalue weighted by Crippen LogP contribution is -2.52. The van der Waals surface area contributed by atoms with Crippen molar-refractivity contribution in [3.05, 3.63) is 58.7 Å². The van der Waals surface area contributed by atoms with Gasteiger partial charge < -0.3 is 23.5 Å². The molecule has 0 radical (unpaired) electrons. The molecule has 0 bridgehead atoms. The SMILES string of the molecule is COc1ccc(N2C(=O)CC[C@H]2c2nc3cc(-c4c(C)noc4C)ccc3n2C2CC3(COC3)C2)cc1Cl. The van der Waals surface area contributed by atoms with E-state index in [2.05, 4.69) is 27.9 Å². The summed E-state index contributed by atoms with van der Waals surface area (Å²) >= 11 is 6.46. The van der Waals surface area contributed by atoms with E-state index in [0.717, 1.165) is 71.2 Å². The second-order valence-corrected chi connectivity index (χ2v) is 11.3. The first-order valence-electron chi connectivity index (χ1n) is 13.1. The Balaban J connectivity index is 1.35. The minimum Gasteiger partial charge on any atom is -0.495 e. The topological polar surface area (TPSA) is 82.6 Å². The molecule has 1 amide bonds. The van der Waals surface area contributed by atoms with Crippen LogP contribution in [0.15, 0.2) is 40.9 Å². The zero-order valence-electron chi connectivity index (χ0n) is 21.7. The van der Waals surface area contributed by atoms with Gasteiger partial charge in [-0.3, -0.25) is 4.79 Å². The van der Waals surface area contributed by atoms with Crippen molar-refractivity contribution in [3.8, 4) is 16.9 Å². The van der Waals surface area contributed by atoms with E-state index in [1.165, 1.54) is 0 Å². The van der Waals surface area contributed by atoms with E-state index in [1.807, 2.05) is 36.9 Å². The fourth-order valence-electron chi connectivity index (χ4n) is 6.59. The molecule has 1 spiro atoms. The Morgan fingerprint density at radius 1 is 1.13 bits per heavy atom. The molecule has 2 aliphatic heterocycles. The van der Waals surface area contributed by atoms with Gasteiger partial charge in [0, 0.05) is 29.1 Å². The summed E-state index contributed by atoms with van der Waals surface area (Å²) in [5.41, 5.74) is 5.95. The van der Waals surface area contributed by atoms with Gasteiger partial charge in [-0.25, -0.2) is 4.98 Å². The molecular formula is C29H29ClN4O4. The number of methoxy groups -OCH3 is 1. The summed E-state index contributed by atoms with van der Waals surface area (Å²) in [6.45, 7) is 5.55. The number of amides is 1. The van der Waals surface area contributed by atoms with E-state index in [-0.39, 0.29) is 11.9 Å². The van der Waals surface area contributed by atoms with E-state index in [1.54, 1.807) is 7.11 Å². The molecule has 4 aromatic rings. The Bertz CT molecular complexity index is 1560. The predicted molar refractivity (Wildman–Crippen MR) is 144 cm³/mol. The minimum atomic E-state index is -0.184. The summed E-state index contributed by atoms with van der Waals surface area (Å²) in [5.74, 6) is 2.37. The number of carbonyl (C=O) groups is 1. The second-order valence-electron chi connectivity index (χ2n) is 10.9. The lowest BCUT2D eigenvalue weighted by atomic mass is 9.64. The fourth-order valence-corrected chi connectivity index (χ4v) is 6.84. The van der Waals surface area contributed by atoms with Crippen LogP contribution in [-0.4, -0.2) is 40.9 Å². The molecule has 0 N–H and O–H groups in total. The smallest absolute Gasteiger partial charge is 0.227 e. The maximum Gasteiger partial charge on any atom is 0.227 e. The van der Waals surface area contributed by atoms with Crippen LogP contribution in [0.25, 0.3) is 22.2 Å². The molecule has 9 heteroatoms. The Labute approximate surface area is 225 Å².